The molecule has 0 saturated heterocycles. The lowest BCUT2D eigenvalue weighted by Crippen LogP contribution is -2.43. The number of ether oxygens (including phenoxy) is 2. The standard InChI is InChI=1S/C12H16ClN3O4S/c1-8(12(19-2)20-3)15-21(17,18)11-10(13)14-9-6-4-5-7-16(9)11/h4-8,12,15H,1-3H3. The van der Waals surface area contributed by atoms with E-state index in [4.69, 9.17) is 21.1 Å². The Labute approximate surface area is 127 Å². The second-order valence-electron chi connectivity index (χ2n) is 4.39. The molecule has 0 aliphatic rings. The van der Waals surface area contributed by atoms with Crippen LogP contribution in [0.15, 0.2) is 29.4 Å². The van der Waals surface area contributed by atoms with Crippen LogP contribution in [0.2, 0.25) is 5.15 Å². The zero-order valence-electron chi connectivity index (χ0n) is 11.8. The van der Waals surface area contributed by atoms with Gasteiger partial charge in [0.1, 0.15) is 5.65 Å². The summed E-state index contributed by atoms with van der Waals surface area (Å²) >= 11 is 5.97. The Hall–Kier alpha value is -1.19. The van der Waals surface area contributed by atoms with Crippen LogP contribution in [0.5, 0.6) is 0 Å². The molecule has 1 unspecified atom stereocenters. The largest absolute Gasteiger partial charge is 0.354 e. The molecule has 21 heavy (non-hydrogen) atoms. The summed E-state index contributed by atoms with van der Waals surface area (Å²) in [7, 11) is -1.02. The van der Waals surface area contributed by atoms with E-state index in [2.05, 4.69) is 9.71 Å². The SMILES string of the molecule is COC(OC)C(C)NS(=O)(=O)c1c(Cl)nc2ccccn12. The quantitative estimate of drug-likeness (QED) is 0.805. The Bertz CT molecular complexity index is 727. The maximum atomic E-state index is 12.5. The Balaban J connectivity index is 2.41. The highest BCUT2D eigenvalue weighted by Gasteiger charge is 2.28. The zero-order chi connectivity index (χ0) is 15.6. The van der Waals surface area contributed by atoms with Crippen molar-refractivity contribution in [2.24, 2.45) is 0 Å². The van der Waals surface area contributed by atoms with Gasteiger partial charge in [0.25, 0.3) is 10.0 Å². The number of imidazole rings is 1. The van der Waals surface area contributed by atoms with E-state index in [0.717, 1.165) is 0 Å². The molecule has 0 bridgehead atoms. The van der Waals surface area contributed by atoms with Gasteiger partial charge in [-0.25, -0.2) is 18.1 Å². The van der Waals surface area contributed by atoms with Crippen LogP contribution in [-0.4, -0.2) is 44.4 Å². The molecule has 9 heteroatoms. The molecule has 116 valence electrons. The molecule has 0 amide bonds. The summed E-state index contributed by atoms with van der Waals surface area (Å²) in [6, 6.07) is 4.51. The second-order valence-corrected chi connectivity index (χ2v) is 6.37. The Morgan fingerprint density at radius 2 is 2.00 bits per heavy atom. The van der Waals surface area contributed by atoms with Crippen molar-refractivity contribution in [1.29, 1.82) is 0 Å². The monoisotopic (exact) mass is 333 g/mol. The van der Waals surface area contributed by atoms with Gasteiger partial charge in [-0.1, -0.05) is 17.7 Å². The Kier molecular flexibility index (Phi) is 4.84. The van der Waals surface area contributed by atoms with Crippen molar-refractivity contribution in [2.75, 3.05) is 14.2 Å². The molecule has 0 spiro atoms. The minimum Gasteiger partial charge on any atom is -0.354 e. The van der Waals surface area contributed by atoms with Crippen molar-refractivity contribution in [3.8, 4) is 0 Å². The average molecular weight is 334 g/mol. The van der Waals surface area contributed by atoms with E-state index in [9.17, 15) is 8.42 Å². The fourth-order valence-electron chi connectivity index (χ4n) is 2.05. The van der Waals surface area contributed by atoms with Gasteiger partial charge in [0, 0.05) is 20.4 Å². The fraction of sp³-hybridized carbons (Fsp3) is 0.417. The normalized spacial score (nSPS) is 14.0. The highest BCUT2D eigenvalue weighted by Crippen LogP contribution is 2.22. The topological polar surface area (TPSA) is 81.9 Å². The highest BCUT2D eigenvalue weighted by molar-refractivity contribution is 7.89. The van der Waals surface area contributed by atoms with E-state index in [1.54, 1.807) is 31.3 Å². The van der Waals surface area contributed by atoms with Crippen LogP contribution >= 0.6 is 11.6 Å². The number of aromatic nitrogens is 2. The lowest BCUT2D eigenvalue weighted by Gasteiger charge is -2.21. The van der Waals surface area contributed by atoms with Crippen molar-refractivity contribution < 1.29 is 17.9 Å². The smallest absolute Gasteiger partial charge is 0.260 e. The molecule has 0 aromatic carbocycles. The minimum absolute atomic E-state index is 0.0905. The molecular formula is C12H16ClN3O4S. The summed E-state index contributed by atoms with van der Waals surface area (Å²) in [6.07, 6.45) is 0.870. The third-order valence-corrected chi connectivity index (χ3v) is 4.87. The first-order valence-corrected chi connectivity index (χ1v) is 7.97. The van der Waals surface area contributed by atoms with Gasteiger partial charge in [0.2, 0.25) is 0 Å². The predicted molar refractivity (Wildman–Crippen MR) is 77.8 cm³/mol. The summed E-state index contributed by atoms with van der Waals surface area (Å²) < 4.78 is 39.0. The van der Waals surface area contributed by atoms with E-state index in [1.165, 1.54) is 18.6 Å². The van der Waals surface area contributed by atoms with Gasteiger partial charge in [-0.3, -0.25) is 4.40 Å². The molecule has 2 heterocycles. The molecule has 2 aromatic rings. The number of methoxy groups -OCH3 is 2. The first-order valence-electron chi connectivity index (χ1n) is 6.11. The molecule has 0 aliphatic heterocycles. The van der Waals surface area contributed by atoms with Crippen molar-refractivity contribution in [2.45, 2.75) is 24.3 Å². The zero-order valence-corrected chi connectivity index (χ0v) is 13.4. The molecule has 7 nitrogen and oxygen atoms in total. The molecular weight excluding hydrogens is 318 g/mol. The van der Waals surface area contributed by atoms with Gasteiger partial charge >= 0.3 is 0 Å². The predicted octanol–water partition coefficient (Wildman–Crippen LogP) is 1.27. The van der Waals surface area contributed by atoms with E-state index >= 15 is 0 Å². The minimum atomic E-state index is -3.88. The van der Waals surface area contributed by atoms with Crippen molar-refractivity contribution in [1.82, 2.24) is 14.1 Å². The molecule has 0 radical (unpaired) electrons. The summed E-state index contributed by atoms with van der Waals surface area (Å²) in [4.78, 5) is 4.02. The molecule has 1 N–H and O–H groups in total. The van der Waals surface area contributed by atoms with Gasteiger partial charge in [-0.15, -0.1) is 0 Å². The van der Waals surface area contributed by atoms with Gasteiger partial charge in [0.15, 0.2) is 16.5 Å². The second kappa shape index (κ2) is 6.29. The van der Waals surface area contributed by atoms with E-state index in [-0.39, 0.29) is 10.2 Å². The molecule has 0 fully saturated rings. The number of rotatable bonds is 6. The summed E-state index contributed by atoms with van der Waals surface area (Å²) in [5.74, 6) is 0. The van der Waals surface area contributed by atoms with Gasteiger partial charge in [-0.05, 0) is 19.1 Å². The lowest BCUT2D eigenvalue weighted by atomic mass is 10.3. The number of sulfonamides is 1. The lowest BCUT2D eigenvalue weighted by molar-refractivity contribution is -0.115. The van der Waals surface area contributed by atoms with Crippen LogP contribution in [0.3, 0.4) is 0 Å². The van der Waals surface area contributed by atoms with E-state index < -0.39 is 22.4 Å². The van der Waals surface area contributed by atoms with Crippen LogP contribution in [0.25, 0.3) is 5.65 Å². The molecule has 2 aromatic heterocycles. The van der Waals surface area contributed by atoms with Crippen molar-refractivity contribution >= 4 is 27.3 Å². The molecule has 0 aliphatic carbocycles. The molecule has 1 atom stereocenters. The number of halogens is 1. The summed E-state index contributed by atoms with van der Waals surface area (Å²) in [5.41, 5.74) is 0.450. The van der Waals surface area contributed by atoms with Crippen molar-refractivity contribution in [3.63, 3.8) is 0 Å². The average Bonchev–Trinajstić information content (AvgIpc) is 2.75. The highest BCUT2D eigenvalue weighted by atomic mass is 35.5. The third-order valence-electron chi connectivity index (χ3n) is 2.91. The Morgan fingerprint density at radius 1 is 1.33 bits per heavy atom. The van der Waals surface area contributed by atoms with Gasteiger partial charge in [-0.2, -0.15) is 0 Å². The first kappa shape index (κ1) is 16.2. The number of hydrogen-bond acceptors (Lipinski definition) is 5. The van der Waals surface area contributed by atoms with Crippen LogP contribution in [-0.2, 0) is 19.5 Å². The first-order chi connectivity index (χ1) is 9.90. The fourth-order valence-corrected chi connectivity index (χ4v) is 3.92. The Morgan fingerprint density at radius 3 is 2.62 bits per heavy atom. The third kappa shape index (κ3) is 3.19. The van der Waals surface area contributed by atoms with E-state index in [1.807, 2.05) is 0 Å². The van der Waals surface area contributed by atoms with Crippen LogP contribution < -0.4 is 4.72 Å². The number of pyridine rings is 1. The number of fused-ring (bicyclic) bond motifs is 1. The van der Waals surface area contributed by atoms with Crippen LogP contribution in [0, 0.1) is 0 Å². The van der Waals surface area contributed by atoms with E-state index in [0.29, 0.717) is 5.65 Å². The summed E-state index contributed by atoms with van der Waals surface area (Å²) in [6.45, 7) is 1.63. The molecule has 2 rings (SSSR count). The summed E-state index contributed by atoms with van der Waals surface area (Å²) in [5, 5.41) is -0.204. The maximum absolute atomic E-state index is 12.5. The van der Waals surface area contributed by atoms with Crippen LogP contribution in [0.1, 0.15) is 6.92 Å². The number of nitrogens with zero attached hydrogens (tertiary/aromatic N) is 2. The van der Waals surface area contributed by atoms with Crippen molar-refractivity contribution in [3.05, 3.63) is 29.5 Å². The number of hydrogen-bond donors (Lipinski definition) is 1. The maximum Gasteiger partial charge on any atom is 0.260 e. The van der Waals surface area contributed by atoms with Crippen LogP contribution in [0.4, 0.5) is 0 Å². The number of nitrogens with one attached hydrogen (secondary N) is 1. The van der Waals surface area contributed by atoms with Gasteiger partial charge in [0.05, 0.1) is 6.04 Å². The molecule has 0 saturated carbocycles. The van der Waals surface area contributed by atoms with Gasteiger partial charge < -0.3 is 9.47 Å².